The van der Waals surface area contributed by atoms with E-state index in [0.29, 0.717) is 5.92 Å². The van der Waals surface area contributed by atoms with Gasteiger partial charge in [0.1, 0.15) is 0 Å². The molecule has 1 aromatic carbocycles. The van der Waals surface area contributed by atoms with Gasteiger partial charge in [0.15, 0.2) is 0 Å². The van der Waals surface area contributed by atoms with Crippen molar-refractivity contribution in [2.75, 3.05) is 12.3 Å². The molecule has 2 unspecified atom stereocenters. The average Bonchev–Trinajstić information content (AvgIpc) is 2.86. The largest absolute Gasteiger partial charge is 0.399 e. The molecule has 3 N–H and O–H groups in total. The molecule has 1 aliphatic heterocycles. The third-order valence-electron chi connectivity index (χ3n) is 4.74. The Morgan fingerprint density at radius 3 is 2.84 bits per heavy atom. The molecule has 1 aromatic rings. The Labute approximate surface area is 114 Å². The first kappa shape index (κ1) is 12.9. The Morgan fingerprint density at radius 2 is 2.11 bits per heavy atom. The predicted molar refractivity (Wildman–Crippen MR) is 75.7 cm³/mol. The van der Waals surface area contributed by atoms with E-state index < -0.39 is 6.10 Å². The van der Waals surface area contributed by atoms with Gasteiger partial charge in [0.05, 0.1) is 11.7 Å². The van der Waals surface area contributed by atoms with Gasteiger partial charge in [-0.2, -0.15) is 0 Å². The number of anilines is 1. The summed E-state index contributed by atoms with van der Waals surface area (Å²) in [6, 6.07) is 7.64. The molecule has 2 aliphatic rings. The molecule has 1 spiro atoms. The lowest BCUT2D eigenvalue weighted by Gasteiger charge is -2.40. The van der Waals surface area contributed by atoms with Gasteiger partial charge in [-0.05, 0) is 49.3 Å². The van der Waals surface area contributed by atoms with Crippen molar-refractivity contribution in [2.45, 2.75) is 50.2 Å². The molecule has 3 rings (SSSR count). The molecule has 0 aromatic heterocycles. The van der Waals surface area contributed by atoms with Crippen LogP contribution in [0.1, 0.15) is 50.2 Å². The molecule has 3 heteroatoms. The topological polar surface area (TPSA) is 55.5 Å². The molecule has 1 saturated heterocycles. The van der Waals surface area contributed by atoms with Gasteiger partial charge in [-0.3, -0.25) is 0 Å². The highest BCUT2D eigenvalue weighted by Crippen LogP contribution is 2.45. The van der Waals surface area contributed by atoms with E-state index in [4.69, 9.17) is 10.5 Å². The van der Waals surface area contributed by atoms with Crippen LogP contribution in [0, 0.1) is 5.92 Å². The fourth-order valence-corrected chi connectivity index (χ4v) is 3.72. The minimum atomic E-state index is -0.412. The number of aliphatic hydroxyl groups is 1. The molecular formula is C16H23NO2. The van der Waals surface area contributed by atoms with Gasteiger partial charge in [-0.15, -0.1) is 0 Å². The zero-order chi connectivity index (χ0) is 13.3. The standard InChI is InChI=1S/C16H23NO2/c17-14-5-3-4-12(10-14)15(18)13-6-9-19-16(11-13)7-1-2-8-16/h3-5,10,13,15,18H,1-2,6-9,11,17H2. The van der Waals surface area contributed by atoms with Gasteiger partial charge in [0.2, 0.25) is 0 Å². The number of rotatable bonds is 2. The fourth-order valence-electron chi connectivity index (χ4n) is 3.72. The molecule has 19 heavy (non-hydrogen) atoms. The highest BCUT2D eigenvalue weighted by Gasteiger charge is 2.41. The molecule has 2 fully saturated rings. The van der Waals surface area contributed by atoms with Crippen LogP contribution in [0.2, 0.25) is 0 Å². The highest BCUT2D eigenvalue weighted by atomic mass is 16.5. The van der Waals surface area contributed by atoms with Crippen molar-refractivity contribution in [3.63, 3.8) is 0 Å². The minimum Gasteiger partial charge on any atom is -0.399 e. The quantitative estimate of drug-likeness (QED) is 0.804. The maximum Gasteiger partial charge on any atom is 0.0820 e. The molecule has 0 radical (unpaired) electrons. The first-order valence-electron chi connectivity index (χ1n) is 7.36. The summed E-state index contributed by atoms with van der Waals surface area (Å²) in [5.41, 5.74) is 7.53. The van der Waals surface area contributed by atoms with Crippen LogP contribution in [0.4, 0.5) is 5.69 Å². The number of hydrogen-bond acceptors (Lipinski definition) is 3. The lowest BCUT2D eigenvalue weighted by molar-refractivity contribution is -0.113. The third kappa shape index (κ3) is 2.63. The average molecular weight is 261 g/mol. The first-order valence-corrected chi connectivity index (χ1v) is 7.36. The lowest BCUT2D eigenvalue weighted by Crippen LogP contribution is -2.39. The van der Waals surface area contributed by atoms with E-state index in [1.165, 1.54) is 12.8 Å². The summed E-state index contributed by atoms with van der Waals surface area (Å²) >= 11 is 0. The van der Waals surface area contributed by atoms with E-state index in [9.17, 15) is 5.11 Å². The Morgan fingerprint density at radius 1 is 1.32 bits per heavy atom. The van der Waals surface area contributed by atoms with Crippen LogP contribution in [-0.4, -0.2) is 17.3 Å². The second-order valence-corrected chi connectivity index (χ2v) is 6.11. The number of ether oxygens (including phenoxy) is 1. The predicted octanol–water partition coefficient (Wildman–Crippen LogP) is 3.04. The summed E-state index contributed by atoms with van der Waals surface area (Å²) in [5, 5.41) is 10.6. The first-order chi connectivity index (χ1) is 9.19. The second kappa shape index (κ2) is 5.14. The zero-order valence-electron chi connectivity index (χ0n) is 11.3. The van der Waals surface area contributed by atoms with Crippen molar-refractivity contribution in [1.29, 1.82) is 0 Å². The van der Waals surface area contributed by atoms with E-state index in [2.05, 4.69) is 0 Å². The van der Waals surface area contributed by atoms with Gasteiger partial charge in [-0.25, -0.2) is 0 Å². The van der Waals surface area contributed by atoms with Crippen LogP contribution in [0.15, 0.2) is 24.3 Å². The van der Waals surface area contributed by atoms with Gasteiger partial charge in [-0.1, -0.05) is 25.0 Å². The smallest absolute Gasteiger partial charge is 0.0820 e. The molecule has 104 valence electrons. The van der Waals surface area contributed by atoms with Crippen LogP contribution in [0.3, 0.4) is 0 Å². The van der Waals surface area contributed by atoms with Crippen molar-refractivity contribution < 1.29 is 9.84 Å². The molecule has 0 bridgehead atoms. The molecule has 3 nitrogen and oxygen atoms in total. The van der Waals surface area contributed by atoms with Crippen LogP contribution in [-0.2, 0) is 4.74 Å². The van der Waals surface area contributed by atoms with Crippen LogP contribution in [0.5, 0.6) is 0 Å². The van der Waals surface area contributed by atoms with Gasteiger partial charge in [0, 0.05) is 12.3 Å². The molecule has 1 aliphatic carbocycles. The van der Waals surface area contributed by atoms with E-state index in [-0.39, 0.29) is 5.60 Å². The monoisotopic (exact) mass is 261 g/mol. The summed E-state index contributed by atoms with van der Waals surface area (Å²) in [4.78, 5) is 0. The number of aliphatic hydroxyl groups excluding tert-OH is 1. The number of hydrogen-bond donors (Lipinski definition) is 2. The molecule has 0 amide bonds. The highest BCUT2D eigenvalue weighted by molar-refractivity contribution is 5.41. The fraction of sp³-hybridized carbons (Fsp3) is 0.625. The second-order valence-electron chi connectivity index (χ2n) is 6.11. The molecule has 1 saturated carbocycles. The Kier molecular flexibility index (Phi) is 3.50. The van der Waals surface area contributed by atoms with Crippen molar-refractivity contribution >= 4 is 5.69 Å². The van der Waals surface area contributed by atoms with Gasteiger partial charge in [0.25, 0.3) is 0 Å². The van der Waals surface area contributed by atoms with Crippen molar-refractivity contribution in [1.82, 2.24) is 0 Å². The minimum absolute atomic E-state index is 0.0597. The number of benzene rings is 1. The zero-order valence-corrected chi connectivity index (χ0v) is 11.3. The maximum atomic E-state index is 10.6. The van der Waals surface area contributed by atoms with E-state index in [1.54, 1.807) is 0 Å². The van der Waals surface area contributed by atoms with Crippen LogP contribution >= 0.6 is 0 Å². The van der Waals surface area contributed by atoms with Crippen LogP contribution in [0.25, 0.3) is 0 Å². The maximum absolute atomic E-state index is 10.6. The Hall–Kier alpha value is -1.06. The van der Waals surface area contributed by atoms with Gasteiger partial charge >= 0.3 is 0 Å². The van der Waals surface area contributed by atoms with Crippen molar-refractivity contribution in [2.24, 2.45) is 5.92 Å². The summed E-state index contributed by atoms with van der Waals surface area (Å²) < 4.78 is 6.03. The van der Waals surface area contributed by atoms with Crippen molar-refractivity contribution in [3.05, 3.63) is 29.8 Å². The normalized spacial score (nSPS) is 27.5. The van der Waals surface area contributed by atoms with Crippen molar-refractivity contribution in [3.8, 4) is 0 Å². The van der Waals surface area contributed by atoms with E-state index in [1.807, 2.05) is 24.3 Å². The summed E-state index contributed by atoms with van der Waals surface area (Å²) in [5.74, 6) is 0.300. The van der Waals surface area contributed by atoms with E-state index in [0.717, 1.165) is 43.5 Å². The summed E-state index contributed by atoms with van der Waals surface area (Å²) in [6.07, 6.45) is 6.37. The Balaban J connectivity index is 1.74. The number of nitrogens with two attached hydrogens (primary N) is 1. The van der Waals surface area contributed by atoms with E-state index >= 15 is 0 Å². The number of nitrogen functional groups attached to an aromatic ring is 1. The van der Waals surface area contributed by atoms with Crippen LogP contribution < -0.4 is 5.73 Å². The molecule has 2 atom stereocenters. The van der Waals surface area contributed by atoms with Gasteiger partial charge < -0.3 is 15.6 Å². The molecule has 1 heterocycles. The SMILES string of the molecule is Nc1cccc(C(O)C2CCOC3(CCCC3)C2)c1. The Bertz CT molecular complexity index is 440. The summed E-state index contributed by atoms with van der Waals surface area (Å²) in [7, 11) is 0. The summed E-state index contributed by atoms with van der Waals surface area (Å²) in [6.45, 7) is 0.782. The third-order valence-corrected chi connectivity index (χ3v) is 4.74. The lowest BCUT2D eigenvalue weighted by atomic mass is 9.80. The molecular weight excluding hydrogens is 238 g/mol.